The molecule has 0 heterocycles. The maximum atomic E-state index is 13.3. The number of carboxylic acid groups (broad SMARTS) is 1. The van der Waals surface area contributed by atoms with E-state index >= 15 is 0 Å². The van der Waals surface area contributed by atoms with Crippen molar-refractivity contribution >= 4 is 11.9 Å². The van der Waals surface area contributed by atoms with Crippen LogP contribution in [0.4, 0.5) is 4.39 Å². The zero-order chi connectivity index (χ0) is 16.9. The van der Waals surface area contributed by atoms with Crippen LogP contribution >= 0.6 is 0 Å². The van der Waals surface area contributed by atoms with Gasteiger partial charge in [-0.1, -0.05) is 0 Å². The zero-order valence-corrected chi connectivity index (χ0v) is 13.3. The average Bonchev–Trinajstić information content (AvgIpc) is 2.34. The van der Waals surface area contributed by atoms with Crippen molar-refractivity contribution in [2.75, 3.05) is 6.61 Å². The molecule has 1 aromatic rings. The highest BCUT2D eigenvalue weighted by Gasteiger charge is 2.22. The van der Waals surface area contributed by atoms with Gasteiger partial charge in [0.2, 0.25) is 0 Å². The number of nitrogens with one attached hydrogen (secondary N) is 1. The van der Waals surface area contributed by atoms with E-state index in [1.165, 1.54) is 12.1 Å². The normalized spacial score (nSPS) is 12.8. The molecule has 122 valence electrons. The number of aryl methyl sites for hydroxylation is 1. The molecule has 0 spiro atoms. The minimum atomic E-state index is -1.15. The van der Waals surface area contributed by atoms with Crippen LogP contribution in [0.25, 0.3) is 0 Å². The SMILES string of the molecule is Cc1cc(F)cc(C(=O)NC(CCOC(C)(C)C)C(=O)O)c1. The number of hydrogen-bond acceptors (Lipinski definition) is 3. The molecular weight excluding hydrogens is 289 g/mol. The van der Waals surface area contributed by atoms with Gasteiger partial charge in [-0.3, -0.25) is 4.79 Å². The van der Waals surface area contributed by atoms with Crippen molar-refractivity contribution in [3.05, 3.63) is 35.1 Å². The average molecular weight is 311 g/mol. The number of carboxylic acids is 1. The molecule has 0 fully saturated rings. The first kappa shape index (κ1) is 18.1. The topological polar surface area (TPSA) is 75.6 Å². The molecule has 0 saturated carbocycles. The first-order chi connectivity index (χ1) is 10.1. The second kappa shape index (κ2) is 7.35. The van der Waals surface area contributed by atoms with Gasteiger partial charge in [-0.05, 0) is 51.5 Å². The molecule has 0 aliphatic carbocycles. The Balaban J connectivity index is 2.70. The molecule has 0 aliphatic rings. The third-order valence-electron chi connectivity index (χ3n) is 2.85. The van der Waals surface area contributed by atoms with Gasteiger partial charge in [-0.2, -0.15) is 0 Å². The summed E-state index contributed by atoms with van der Waals surface area (Å²) in [5.74, 6) is -2.31. The Morgan fingerprint density at radius 1 is 1.32 bits per heavy atom. The van der Waals surface area contributed by atoms with Crippen molar-refractivity contribution in [2.45, 2.75) is 45.8 Å². The summed E-state index contributed by atoms with van der Waals surface area (Å²) in [5.41, 5.74) is 0.306. The van der Waals surface area contributed by atoms with Crippen LogP contribution in [0.1, 0.15) is 43.1 Å². The first-order valence-electron chi connectivity index (χ1n) is 7.03. The summed E-state index contributed by atoms with van der Waals surface area (Å²) in [7, 11) is 0. The zero-order valence-electron chi connectivity index (χ0n) is 13.3. The molecule has 5 nitrogen and oxygen atoms in total. The maximum Gasteiger partial charge on any atom is 0.326 e. The molecule has 6 heteroatoms. The minimum absolute atomic E-state index is 0.0977. The predicted octanol–water partition coefficient (Wildman–Crippen LogP) is 2.52. The number of amides is 1. The quantitative estimate of drug-likeness (QED) is 0.846. The lowest BCUT2D eigenvalue weighted by molar-refractivity contribution is -0.140. The van der Waals surface area contributed by atoms with E-state index in [1.54, 1.807) is 6.92 Å². The number of aliphatic carboxylic acids is 1. The lowest BCUT2D eigenvalue weighted by Gasteiger charge is -2.21. The van der Waals surface area contributed by atoms with Crippen molar-refractivity contribution in [3.8, 4) is 0 Å². The van der Waals surface area contributed by atoms with Gasteiger partial charge in [-0.15, -0.1) is 0 Å². The van der Waals surface area contributed by atoms with E-state index in [0.29, 0.717) is 5.56 Å². The first-order valence-corrected chi connectivity index (χ1v) is 7.03. The number of rotatable bonds is 6. The van der Waals surface area contributed by atoms with E-state index in [4.69, 9.17) is 9.84 Å². The molecule has 2 N–H and O–H groups in total. The lowest BCUT2D eigenvalue weighted by atomic mass is 10.1. The van der Waals surface area contributed by atoms with Gasteiger partial charge >= 0.3 is 5.97 Å². The lowest BCUT2D eigenvalue weighted by Crippen LogP contribution is -2.42. The van der Waals surface area contributed by atoms with Crippen LogP contribution in [0.2, 0.25) is 0 Å². The smallest absolute Gasteiger partial charge is 0.326 e. The van der Waals surface area contributed by atoms with Crippen LogP contribution in [0.3, 0.4) is 0 Å². The van der Waals surface area contributed by atoms with E-state index in [2.05, 4.69) is 5.32 Å². The highest BCUT2D eigenvalue weighted by Crippen LogP contribution is 2.10. The molecule has 1 rings (SSSR count). The highest BCUT2D eigenvalue weighted by molar-refractivity contribution is 5.96. The van der Waals surface area contributed by atoms with Gasteiger partial charge in [0, 0.05) is 18.6 Å². The van der Waals surface area contributed by atoms with E-state index < -0.39 is 23.7 Å². The minimum Gasteiger partial charge on any atom is -0.480 e. The van der Waals surface area contributed by atoms with Crippen molar-refractivity contribution < 1.29 is 23.8 Å². The second-order valence-electron chi connectivity index (χ2n) is 6.13. The molecule has 22 heavy (non-hydrogen) atoms. The van der Waals surface area contributed by atoms with Crippen LogP contribution in [0, 0.1) is 12.7 Å². The van der Waals surface area contributed by atoms with Crippen LogP contribution in [-0.4, -0.2) is 35.2 Å². The Morgan fingerprint density at radius 2 is 1.95 bits per heavy atom. The maximum absolute atomic E-state index is 13.3. The molecule has 1 atom stereocenters. The van der Waals surface area contributed by atoms with E-state index in [-0.39, 0.29) is 24.2 Å². The Morgan fingerprint density at radius 3 is 2.45 bits per heavy atom. The van der Waals surface area contributed by atoms with Crippen molar-refractivity contribution in [1.29, 1.82) is 0 Å². The summed E-state index contributed by atoms with van der Waals surface area (Å²) >= 11 is 0. The van der Waals surface area contributed by atoms with Gasteiger partial charge in [0.05, 0.1) is 5.60 Å². The molecule has 0 aromatic heterocycles. The number of halogens is 1. The van der Waals surface area contributed by atoms with Crippen LogP contribution in [-0.2, 0) is 9.53 Å². The molecule has 0 aliphatic heterocycles. The van der Waals surface area contributed by atoms with Crippen molar-refractivity contribution in [3.63, 3.8) is 0 Å². The second-order valence-corrected chi connectivity index (χ2v) is 6.13. The molecule has 0 bridgehead atoms. The van der Waals surface area contributed by atoms with Crippen molar-refractivity contribution in [2.24, 2.45) is 0 Å². The van der Waals surface area contributed by atoms with E-state index in [9.17, 15) is 14.0 Å². The van der Waals surface area contributed by atoms with Gasteiger partial charge in [-0.25, -0.2) is 9.18 Å². The fourth-order valence-corrected chi connectivity index (χ4v) is 1.85. The number of hydrogen-bond donors (Lipinski definition) is 2. The summed E-state index contributed by atoms with van der Waals surface area (Å²) in [6.07, 6.45) is 0.132. The highest BCUT2D eigenvalue weighted by atomic mass is 19.1. The Hall–Kier alpha value is -1.95. The number of carbonyl (C=O) groups excluding carboxylic acids is 1. The van der Waals surface area contributed by atoms with Gasteiger partial charge in [0.1, 0.15) is 11.9 Å². The third-order valence-corrected chi connectivity index (χ3v) is 2.85. The summed E-state index contributed by atoms with van der Waals surface area (Å²) < 4.78 is 18.8. The van der Waals surface area contributed by atoms with E-state index in [0.717, 1.165) is 6.07 Å². The van der Waals surface area contributed by atoms with Gasteiger partial charge < -0.3 is 15.2 Å². The molecule has 1 amide bonds. The largest absolute Gasteiger partial charge is 0.480 e. The summed E-state index contributed by atoms with van der Waals surface area (Å²) in [4.78, 5) is 23.3. The summed E-state index contributed by atoms with van der Waals surface area (Å²) in [5, 5.41) is 11.6. The fourth-order valence-electron chi connectivity index (χ4n) is 1.85. The Kier molecular flexibility index (Phi) is 6.05. The molecule has 1 aromatic carbocycles. The van der Waals surface area contributed by atoms with Gasteiger partial charge in [0.15, 0.2) is 0 Å². The molecule has 0 radical (unpaired) electrons. The number of carbonyl (C=O) groups is 2. The van der Waals surface area contributed by atoms with Gasteiger partial charge in [0.25, 0.3) is 5.91 Å². The Labute approximate surface area is 129 Å². The standard InChI is InChI=1S/C16H22FNO4/c1-10-7-11(9-12(17)8-10)14(19)18-13(15(20)21)5-6-22-16(2,3)4/h7-9,13H,5-6H2,1-4H3,(H,18,19)(H,20,21). The molecule has 1 unspecified atom stereocenters. The molecule has 0 saturated heterocycles. The number of ether oxygens (including phenoxy) is 1. The predicted molar refractivity (Wildman–Crippen MR) is 80.3 cm³/mol. The summed E-state index contributed by atoms with van der Waals surface area (Å²) in [6, 6.07) is 2.79. The Bertz CT molecular complexity index is 531. The third kappa shape index (κ3) is 6.22. The van der Waals surface area contributed by atoms with Crippen LogP contribution in [0.15, 0.2) is 18.2 Å². The molecular formula is C16H22FNO4. The summed E-state index contributed by atoms with van der Waals surface area (Å²) in [6.45, 7) is 7.43. The van der Waals surface area contributed by atoms with Crippen LogP contribution < -0.4 is 5.32 Å². The van der Waals surface area contributed by atoms with E-state index in [1.807, 2.05) is 20.8 Å². The monoisotopic (exact) mass is 311 g/mol. The fraction of sp³-hybridized carbons (Fsp3) is 0.500. The van der Waals surface area contributed by atoms with Crippen molar-refractivity contribution in [1.82, 2.24) is 5.32 Å². The van der Waals surface area contributed by atoms with Crippen LogP contribution in [0.5, 0.6) is 0 Å². The number of benzene rings is 1.